The monoisotopic (exact) mass is 541 g/mol. The Morgan fingerprint density at radius 3 is 2.36 bits per heavy atom. The number of β-amino-alcohol motifs (C(OH)–C–C–N with tert-alkyl or cyclic N) is 1. The first kappa shape index (κ1) is 26.0. The van der Waals surface area contributed by atoms with Gasteiger partial charge in [-0.05, 0) is 55.3 Å². The molecule has 2 fully saturated rings. The number of benzene rings is 2. The number of hydrogen-bond acceptors (Lipinski definition) is 6. The van der Waals surface area contributed by atoms with Gasteiger partial charge in [-0.3, -0.25) is 19.8 Å². The van der Waals surface area contributed by atoms with Gasteiger partial charge >= 0.3 is 6.03 Å². The van der Waals surface area contributed by atoms with E-state index in [0.717, 1.165) is 29.2 Å². The summed E-state index contributed by atoms with van der Waals surface area (Å²) >= 11 is 0. The Hall–Kier alpha value is -4.65. The highest BCUT2D eigenvalue weighted by atomic mass is 19.2. The molecule has 0 spiro atoms. The summed E-state index contributed by atoms with van der Waals surface area (Å²) in [4.78, 5) is 43.7. The minimum Gasteiger partial charge on any atom is -0.454 e. The second-order valence-corrected chi connectivity index (χ2v) is 9.24. The lowest BCUT2D eigenvalue weighted by atomic mass is 10.0. The molecule has 0 atom stereocenters. The number of anilines is 3. The van der Waals surface area contributed by atoms with Gasteiger partial charge in [0, 0.05) is 18.0 Å². The van der Waals surface area contributed by atoms with E-state index in [1.165, 1.54) is 35.4 Å². The van der Waals surface area contributed by atoms with E-state index in [2.05, 4.69) is 10.3 Å². The van der Waals surface area contributed by atoms with Crippen molar-refractivity contribution in [3.63, 3.8) is 0 Å². The largest absolute Gasteiger partial charge is 0.454 e. The first-order valence-electron chi connectivity index (χ1n) is 11.8. The van der Waals surface area contributed by atoms with Crippen molar-refractivity contribution < 1.29 is 37.4 Å². The minimum absolute atomic E-state index is 0.00475. The molecule has 5 rings (SSSR count). The third-order valence-electron chi connectivity index (χ3n) is 6.53. The zero-order valence-corrected chi connectivity index (χ0v) is 20.2. The number of nitrogens with zero attached hydrogens (tertiary/aromatic N) is 3. The van der Waals surface area contributed by atoms with Crippen LogP contribution in [0.25, 0.3) is 0 Å². The number of carbonyl (C=O) groups is 3. The molecule has 1 aliphatic heterocycles. The molecule has 2 aromatic carbocycles. The van der Waals surface area contributed by atoms with Crippen LogP contribution < -0.4 is 20.7 Å². The van der Waals surface area contributed by atoms with Crippen LogP contribution >= 0.6 is 0 Å². The van der Waals surface area contributed by atoms with E-state index in [1.807, 2.05) is 0 Å². The van der Waals surface area contributed by atoms with Crippen LogP contribution in [0.1, 0.15) is 12.8 Å². The summed E-state index contributed by atoms with van der Waals surface area (Å²) in [5, 5.41) is 11.8. The average molecular weight is 541 g/mol. The molecule has 3 aromatic rings. The molecular weight excluding hydrogens is 519 g/mol. The number of carbonyl (C=O) groups excluding carboxylic acids is 3. The van der Waals surface area contributed by atoms with Crippen molar-refractivity contribution in [3.8, 4) is 11.5 Å². The number of aromatic nitrogens is 1. The zero-order valence-electron chi connectivity index (χ0n) is 20.2. The first-order chi connectivity index (χ1) is 18.6. The van der Waals surface area contributed by atoms with E-state index in [4.69, 9.17) is 10.5 Å². The summed E-state index contributed by atoms with van der Waals surface area (Å²) in [6, 6.07) is 8.78. The second kappa shape index (κ2) is 9.91. The van der Waals surface area contributed by atoms with Gasteiger partial charge in [-0.15, -0.1) is 0 Å². The highest BCUT2D eigenvalue weighted by molar-refractivity contribution is 6.16. The second-order valence-electron chi connectivity index (χ2n) is 9.24. The predicted molar refractivity (Wildman–Crippen MR) is 132 cm³/mol. The van der Waals surface area contributed by atoms with Crippen LogP contribution in [-0.2, 0) is 9.59 Å². The quantitative estimate of drug-likeness (QED) is 0.392. The average Bonchev–Trinajstić information content (AvgIpc) is 3.70. The maximum atomic E-state index is 15.4. The van der Waals surface area contributed by atoms with E-state index >= 15 is 8.78 Å². The lowest BCUT2D eigenvalue weighted by molar-refractivity contribution is -0.133. The molecule has 2 aliphatic rings. The molecular formula is C26H22F3N5O5. The van der Waals surface area contributed by atoms with Crippen molar-refractivity contribution >= 4 is 35.0 Å². The zero-order chi connectivity index (χ0) is 27.9. The Morgan fingerprint density at radius 2 is 1.74 bits per heavy atom. The molecule has 4 N–H and O–H groups in total. The van der Waals surface area contributed by atoms with E-state index < -0.39 is 58.3 Å². The molecule has 202 valence electrons. The van der Waals surface area contributed by atoms with Crippen molar-refractivity contribution in [1.82, 2.24) is 9.88 Å². The number of likely N-dealkylation sites (tertiary alicyclic amines) is 1. The van der Waals surface area contributed by atoms with Crippen LogP contribution in [0.2, 0.25) is 0 Å². The van der Waals surface area contributed by atoms with Gasteiger partial charge in [-0.1, -0.05) is 0 Å². The van der Waals surface area contributed by atoms with Gasteiger partial charge < -0.3 is 20.5 Å². The maximum absolute atomic E-state index is 15.4. The Kier molecular flexibility index (Phi) is 6.60. The minimum atomic E-state index is -1.57. The third kappa shape index (κ3) is 4.95. The first-order valence-corrected chi connectivity index (χ1v) is 11.8. The Morgan fingerprint density at radius 1 is 1.05 bits per heavy atom. The maximum Gasteiger partial charge on any atom is 0.323 e. The predicted octanol–water partition coefficient (Wildman–Crippen LogP) is 3.43. The fraction of sp³-hybridized carbons (Fsp3) is 0.231. The Balaban J connectivity index is 1.42. The van der Waals surface area contributed by atoms with E-state index in [-0.39, 0.29) is 43.2 Å². The molecule has 39 heavy (non-hydrogen) atoms. The molecule has 10 nitrogen and oxygen atoms in total. The molecule has 1 saturated heterocycles. The highest BCUT2D eigenvalue weighted by Gasteiger charge is 2.57. The molecule has 2 heterocycles. The fourth-order valence-corrected chi connectivity index (χ4v) is 4.11. The van der Waals surface area contributed by atoms with Gasteiger partial charge in [-0.2, -0.15) is 4.39 Å². The lowest BCUT2D eigenvalue weighted by Gasteiger charge is -2.35. The van der Waals surface area contributed by atoms with Gasteiger partial charge in [0.1, 0.15) is 22.8 Å². The number of primary amides is 1. The number of rotatable bonds is 7. The number of aliphatic hydroxyl groups is 1. The topological polar surface area (TPSA) is 138 Å². The number of urea groups is 1. The summed E-state index contributed by atoms with van der Waals surface area (Å²) in [5.41, 5.74) is 3.34. The molecule has 1 aromatic heterocycles. The summed E-state index contributed by atoms with van der Waals surface area (Å²) in [6.07, 6.45) is 0.984. The van der Waals surface area contributed by atoms with Crippen LogP contribution in [0.3, 0.4) is 0 Å². The number of amides is 4. The third-order valence-corrected chi connectivity index (χ3v) is 6.53. The van der Waals surface area contributed by atoms with Crippen molar-refractivity contribution in [2.45, 2.75) is 18.9 Å². The Labute approximate surface area is 219 Å². The SMILES string of the molecule is NC(=O)C1(C(=O)N(c2ccc(F)cc2)c2ccc(Oc3ccnc(NC(=O)N4CC(O)C4)c3)c(F)c2F)CC1. The van der Waals surface area contributed by atoms with Crippen molar-refractivity contribution in [2.24, 2.45) is 11.1 Å². The van der Waals surface area contributed by atoms with E-state index in [9.17, 15) is 23.9 Å². The van der Waals surface area contributed by atoms with Crippen molar-refractivity contribution in [3.05, 3.63) is 72.2 Å². The number of aliphatic hydroxyl groups excluding tert-OH is 1. The molecule has 0 bridgehead atoms. The summed E-state index contributed by atoms with van der Waals surface area (Å²) in [7, 11) is 0. The molecule has 4 amide bonds. The van der Waals surface area contributed by atoms with Crippen LogP contribution in [0.4, 0.5) is 35.2 Å². The number of hydrogen-bond donors (Lipinski definition) is 3. The van der Waals surface area contributed by atoms with Crippen molar-refractivity contribution in [2.75, 3.05) is 23.3 Å². The van der Waals surface area contributed by atoms with Gasteiger partial charge in [0.15, 0.2) is 11.6 Å². The standard InChI is InChI=1S/C26H22F3N5O5/c27-14-1-3-15(4-2-14)34(24(37)26(8-9-26)23(30)36)18-5-6-19(22(29)21(18)28)39-17-7-10-31-20(11-17)32-25(38)33-12-16(35)13-33/h1-7,10-11,16,35H,8-9,12-13H2,(H2,30,36)(H,31,32,38). The van der Waals surface area contributed by atoms with Gasteiger partial charge in [0.25, 0.3) is 0 Å². The molecule has 0 unspecified atom stereocenters. The molecule has 1 saturated carbocycles. The normalized spacial score (nSPS) is 15.7. The van der Waals surface area contributed by atoms with Gasteiger partial charge in [0.2, 0.25) is 17.6 Å². The van der Waals surface area contributed by atoms with Gasteiger partial charge in [-0.25, -0.2) is 18.6 Å². The van der Waals surface area contributed by atoms with Crippen molar-refractivity contribution in [1.29, 1.82) is 0 Å². The number of halogens is 3. The molecule has 0 radical (unpaired) electrons. The smallest absolute Gasteiger partial charge is 0.323 e. The van der Waals surface area contributed by atoms with Gasteiger partial charge in [0.05, 0.1) is 24.9 Å². The fourth-order valence-electron chi connectivity index (χ4n) is 4.11. The lowest BCUT2D eigenvalue weighted by Crippen LogP contribution is -2.54. The number of pyridine rings is 1. The van der Waals surface area contributed by atoms with Crippen LogP contribution in [0.5, 0.6) is 11.5 Å². The number of nitrogens with two attached hydrogens (primary N) is 1. The molecule has 13 heteroatoms. The van der Waals surface area contributed by atoms with Crippen LogP contribution in [0.15, 0.2) is 54.7 Å². The summed E-state index contributed by atoms with van der Waals surface area (Å²) in [6.45, 7) is 0.355. The number of ether oxygens (including phenoxy) is 1. The molecule has 1 aliphatic carbocycles. The van der Waals surface area contributed by atoms with E-state index in [1.54, 1.807) is 0 Å². The Bertz CT molecular complexity index is 1460. The van der Waals surface area contributed by atoms with Crippen LogP contribution in [-0.4, -0.2) is 52.0 Å². The van der Waals surface area contributed by atoms with E-state index in [0.29, 0.717) is 0 Å². The van der Waals surface area contributed by atoms with Crippen LogP contribution in [0, 0.1) is 22.9 Å². The number of nitrogens with one attached hydrogen (secondary N) is 1. The highest BCUT2D eigenvalue weighted by Crippen LogP contribution is 2.49. The summed E-state index contributed by atoms with van der Waals surface area (Å²) in [5.74, 6) is -5.71. The summed E-state index contributed by atoms with van der Waals surface area (Å²) < 4.78 is 49.7.